The van der Waals surface area contributed by atoms with Crippen molar-refractivity contribution in [1.82, 2.24) is 0 Å². The molecule has 1 heterocycles. The molecule has 0 atom stereocenters. The van der Waals surface area contributed by atoms with Gasteiger partial charge in [-0.1, -0.05) is 49.4 Å². The summed E-state index contributed by atoms with van der Waals surface area (Å²) in [5.41, 5.74) is 4.20. The number of aryl methyl sites for hydroxylation is 1. The van der Waals surface area contributed by atoms with Crippen LogP contribution in [-0.2, 0) is 16.4 Å². The number of rotatable bonds is 7. The predicted molar refractivity (Wildman–Crippen MR) is 135 cm³/mol. The Morgan fingerprint density at radius 3 is 2.33 bits per heavy atom. The van der Waals surface area contributed by atoms with Crippen LogP contribution in [0.25, 0.3) is 11.1 Å². The molecule has 33 heavy (non-hydrogen) atoms. The fourth-order valence-corrected chi connectivity index (χ4v) is 5.15. The normalized spacial score (nSPS) is 11.1. The van der Waals surface area contributed by atoms with Gasteiger partial charge in [0.1, 0.15) is 0 Å². The summed E-state index contributed by atoms with van der Waals surface area (Å²) in [6.45, 7) is 2.02. The van der Waals surface area contributed by atoms with Crippen LogP contribution in [0.15, 0.2) is 94.5 Å². The molecule has 1 aromatic heterocycles. The summed E-state index contributed by atoms with van der Waals surface area (Å²) in [6.07, 6.45) is 0.773. The summed E-state index contributed by atoms with van der Waals surface area (Å²) in [5.74, 6) is 0. The average Bonchev–Trinajstić information content (AvgIpc) is 3.34. The Bertz CT molecular complexity index is 1350. The van der Waals surface area contributed by atoms with E-state index in [1.807, 2.05) is 54.1 Å². The Balaban J connectivity index is 1.65. The lowest BCUT2D eigenvalue weighted by atomic mass is 10.1. The van der Waals surface area contributed by atoms with Crippen LogP contribution in [0.4, 0.5) is 21.9 Å². The first-order valence-electron chi connectivity index (χ1n) is 10.4. The summed E-state index contributed by atoms with van der Waals surface area (Å²) >= 11 is 1.52. The minimum Gasteiger partial charge on any atom is -0.307 e. The summed E-state index contributed by atoms with van der Waals surface area (Å²) < 4.78 is 28.5. The number of carbonyl (C=O) groups is 1. The first-order valence-corrected chi connectivity index (χ1v) is 12.8. The van der Waals surface area contributed by atoms with Gasteiger partial charge in [0.15, 0.2) is 0 Å². The van der Waals surface area contributed by atoms with Crippen molar-refractivity contribution in [3.63, 3.8) is 0 Å². The fourth-order valence-electron chi connectivity index (χ4n) is 3.41. The van der Waals surface area contributed by atoms with E-state index >= 15 is 0 Å². The van der Waals surface area contributed by atoms with Gasteiger partial charge in [0, 0.05) is 16.9 Å². The number of sulfonamides is 1. The van der Waals surface area contributed by atoms with E-state index in [0.717, 1.165) is 23.1 Å². The largest absolute Gasteiger partial charge is 0.323 e. The van der Waals surface area contributed by atoms with Gasteiger partial charge in [-0.05, 0) is 64.7 Å². The molecule has 0 radical (unpaired) electrons. The van der Waals surface area contributed by atoms with Gasteiger partial charge >= 0.3 is 6.03 Å². The molecule has 0 spiro atoms. The second kappa shape index (κ2) is 9.89. The molecule has 4 aromatic rings. The number of para-hydroxylation sites is 2. The van der Waals surface area contributed by atoms with Crippen molar-refractivity contribution in [3.05, 3.63) is 95.2 Å². The van der Waals surface area contributed by atoms with Crippen LogP contribution in [-0.4, -0.2) is 14.4 Å². The van der Waals surface area contributed by atoms with Crippen molar-refractivity contribution in [2.24, 2.45) is 0 Å². The topological polar surface area (TPSA) is 87.3 Å². The number of thiophene rings is 1. The van der Waals surface area contributed by atoms with Crippen molar-refractivity contribution >= 4 is 44.5 Å². The highest BCUT2D eigenvalue weighted by molar-refractivity contribution is 7.92. The Labute approximate surface area is 197 Å². The lowest BCUT2D eigenvalue weighted by Gasteiger charge is -2.15. The van der Waals surface area contributed by atoms with Gasteiger partial charge in [0.2, 0.25) is 0 Å². The van der Waals surface area contributed by atoms with Gasteiger partial charge in [-0.3, -0.25) is 4.72 Å². The van der Waals surface area contributed by atoms with Gasteiger partial charge in [-0.15, -0.1) is 0 Å². The van der Waals surface area contributed by atoms with Crippen molar-refractivity contribution in [1.29, 1.82) is 0 Å². The second-order valence-corrected chi connectivity index (χ2v) is 9.74. The molecule has 0 saturated heterocycles. The van der Waals surface area contributed by atoms with Crippen LogP contribution < -0.4 is 15.4 Å². The SMILES string of the molecule is CCc1ccccc1NC(=O)Nc1cc(S(=O)(=O)Nc2ccccc2)ccc1-c1ccsc1. The maximum Gasteiger partial charge on any atom is 0.323 e. The monoisotopic (exact) mass is 477 g/mol. The third kappa shape index (κ3) is 5.42. The van der Waals surface area contributed by atoms with Gasteiger partial charge in [-0.2, -0.15) is 11.3 Å². The molecule has 3 N–H and O–H groups in total. The number of amides is 2. The fraction of sp³-hybridized carbons (Fsp3) is 0.0800. The lowest BCUT2D eigenvalue weighted by Crippen LogP contribution is -2.21. The van der Waals surface area contributed by atoms with Gasteiger partial charge in [0.25, 0.3) is 10.0 Å². The van der Waals surface area contributed by atoms with E-state index in [1.165, 1.54) is 23.5 Å². The molecule has 0 aliphatic rings. The Morgan fingerprint density at radius 1 is 0.879 bits per heavy atom. The molecule has 0 aliphatic heterocycles. The van der Waals surface area contributed by atoms with Crippen LogP contribution in [0.2, 0.25) is 0 Å². The summed E-state index contributed by atoms with van der Waals surface area (Å²) in [7, 11) is -3.85. The number of hydrogen-bond donors (Lipinski definition) is 3. The Hall–Kier alpha value is -3.62. The lowest BCUT2D eigenvalue weighted by molar-refractivity contribution is 0.262. The Kier molecular flexibility index (Phi) is 6.76. The number of carbonyl (C=O) groups excluding carboxylic acids is 1. The molecule has 3 aromatic carbocycles. The summed E-state index contributed by atoms with van der Waals surface area (Å²) in [5, 5.41) is 9.58. The molecule has 168 valence electrons. The zero-order valence-electron chi connectivity index (χ0n) is 17.9. The highest BCUT2D eigenvalue weighted by Crippen LogP contribution is 2.32. The first-order chi connectivity index (χ1) is 16.0. The van der Waals surface area contributed by atoms with E-state index in [0.29, 0.717) is 17.1 Å². The first kappa shape index (κ1) is 22.6. The highest BCUT2D eigenvalue weighted by atomic mass is 32.2. The molecule has 6 nitrogen and oxygen atoms in total. The molecule has 8 heteroatoms. The van der Waals surface area contributed by atoms with Crippen molar-refractivity contribution in [2.75, 3.05) is 15.4 Å². The summed E-state index contributed by atoms with van der Waals surface area (Å²) in [4.78, 5) is 12.9. The smallest absolute Gasteiger partial charge is 0.307 e. The van der Waals surface area contributed by atoms with Crippen LogP contribution in [0, 0.1) is 0 Å². The molecule has 0 saturated carbocycles. The summed E-state index contributed by atoms with van der Waals surface area (Å²) in [6, 6.07) is 22.4. The zero-order chi connectivity index (χ0) is 23.3. The number of nitrogens with one attached hydrogen (secondary N) is 3. The minimum absolute atomic E-state index is 0.0505. The maximum absolute atomic E-state index is 13.0. The van der Waals surface area contributed by atoms with Crippen molar-refractivity contribution in [2.45, 2.75) is 18.2 Å². The minimum atomic E-state index is -3.85. The van der Waals surface area contributed by atoms with Crippen LogP contribution in [0.1, 0.15) is 12.5 Å². The molecule has 0 aliphatic carbocycles. The van der Waals surface area contributed by atoms with Crippen molar-refractivity contribution < 1.29 is 13.2 Å². The molecule has 4 rings (SSSR count). The average molecular weight is 478 g/mol. The molecule has 0 fully saturated rings. The van der Waals surface area contributed by atoms with Gasteiger partial charge in [0.05, 0.1) is 10.6 Å². The van der Waals surface area contributed by atoms with Crippen molar-refractivity contribution in [3.8, 4) is 11.1 Å². The quantitative estimate of drug-likeness (QED) is 0.287. The number of benzene rings is 3. The number of urea groups is 1. The van der Waals surface area contributed by atoms with E-state index in [4.69, 9.17) is 0 Å². The molecular formula is C25H23N3O3S2. The molecule has 0 unspecified atom stereocenters. The van der Waals surface area contributed by atoms with Crippen LogP contribution in [0.5, 0.6) is 0 Å². The molecule has 2 amide bonds. The maximum atomic E-state index is 13.0. The number of anilines is 3. The van der Waals surface area contributed by atoms with Gasteiger partial charge in [-0.25, -0.2) is 13.2 Å². The number of hydrogen-bond acceptors (Lipinski definition) is 4. The third-order valence-corrected chi connectivity index (χ3v) is 7.12. The predicted octanol–water partition coefficient (Wildman–Crippen LogP) is 6.42. The van der Waals surface area contributed by atoms with Crippen LogP contribution >= 0.6 is 11.3 Å². The molecular weight excluding hydrogens is 454 g/mol. The third-order valence-electron chi connectivity index (χ3n) is 5.05. The van der Waals surface area contributed by atoms with Crippen LogP contribution in [0.3, 0.4) is 0 Å². The van der Waals surface area contributed by atoms with E-state index in [2.05, 4.69) is 15.4 Å². The second-order valence-electron chi connectivity index (χ2n) is 7.28. The van der Waals surface area contributed by atoms with E-state index < -0.39 is 16.1 Å². The van der Waals surface area contributed by atoms with E-state index in [9.17, 15) is 13.2 Å². The highest BCUT2D eigenvalue weighted by Gasteiger charge is 2.18. The zero-order valence-corrected chi connectivity index (χ0v) is 19.5. The molecule has 0 bridgehead atoms. The standard InChI is InChI=1S/C25H23N3O3S2/c1-2-18-8-6-7-11-23(18)26-25(29)27-24-16-21(12-13-22(24)19-14-15-32-17-19)33(30,31)28-20-9-4-3-5-10-20/h3-17,28H,2H2,1H3,(H2,26,27,29). The van der Waals surface area contributed by atoms with E-state index in [1.54, 1.807) is 30.3 Å². The Morgan fingerprint density at radius 2 is 1.61 bits per heavy atom. The van der Waals surface area contributed by atoms with Gasteiger partial charge < -0.3 is 10.6 Å². The van der Waals surface area contributed by atoms with E-state index in [-0.39, 0.29) is 4.90 Å².